The highest BCUT2D eigenvalue weighted by Gasteiger charge is 2.50. The van der Waals surface area contributed by atoms with Crippen molar-refractivity contribution in [3.63, 3.8) is 0 Å². The van der Waals surface area contributed by atoms with Crippen molar-refractivity contribution in [1.29, 1.82) is 0 Å². The van der Waals surface area contributed by atoms with Crippen LogP contribution in [0, 0.1) is 17.8 Å². The molecular weight excluding hydrogens is 218 g/mol. The Hall–Kier alpha value is -0.0100. The van der Waals surface area contributed by atoms with Crippen molar-refractivity contribution < 1.29 is 0 Å². The predicted octanol–water partition coefficient (Wildman–Crippen LogP) is 3.69. The molecule has 1 nitrogen and oxygen atoms in total. The van der Waals surface area contributed by atoms with Gasteiger partial charge in [-0.2, -0.15) is 0 Å². The zero-order valence-corrected chi connectivity index (χ0v) is 10.9. The molecule has 0 atom stereocenters. The van der Waals surface area contributed by atoms with Crippen molar-refractivity contribution in [2.24, 2.45) is 17.8 Å². The first-order valence-corrected chi connectivity index (χ1v) is 7.14. The fourth-order valence-electron chi connectivity index (χ4n) is 4.69. The van der Waals surface area contributed by atoms with Crippen LogP contribution in [0.2, 0.25) is 0 Å². The van der Waals surface area contributed by atoms with Crippen LogP contribution in [0.4, 0.5) is 0 Å². The van der Waals surface area contributed by atoms with Gasteiger partial charge in [-0.25, -0.2) is 0 Å². The van der Waals surface area contributed by atoms with Gasteiger partial charge in [-0.1, -0.05) is 11.6 Å². The first-order valence-electron chi connectivity index (χ1n) is 6.70. The summed E-state index contributed by atoms with van der Waals surface area (Å²) in [6, 6.07) is 0. The molecule has 0 aromatic heterocycles. The molecule has 0 amide bonds. The quantitative estimate of drug-likeness (QED) is 0.792. The summed E-state index contributed by atoms with van der Waals surface area (Å²) in [5.74, 6) is 3.08. The molecule has 0 radical (unpaired) electrons. The lowest BCUT2D eigenvalue weighted by Gasteiger charge is -2.57. The van der Waals surface area contributed by atoms with Crippen LogP contribution in [0.25, 0.3) is 0 Å². The van der Waals surface area contributed by atoms with E-state index < -0.39 is 0 Å². The molecule has 4 aliphatic rings. The van der Waals surface area contributed by atoms with Crippen LogP contribution in [0.3, 0.4) is 0 Å². The Morgan fingerprint density at radius 1 is 1.19 bits per heavy atom. The third-order valence-electron chi connectivity index (χ3n) is 4.97. The van der Waals surface area contributed by atoms with E-state index in [0.717, 1.165) is 24.3 Å². The van der Waals surface area contributed by atoms with Crippen LogP contribution >= 0.6 is 11.6 Å². The number of halogens is 1. The topological polar surface area (TPSA) is 12.0 Å². The van der Waals surface area contributed by atoms with Crippen LogP contribution in [-0.2, 0) is 0 Å². The second-order valence-corrected chi connectivity index (χ2v) is 6.73. The van der Waals surface area contributed by atoms with Gasteiger partial charge in [0.15, 0.2) is 0 Å². The Morgan fingerprint density at radius 2 is 1.69 bits per heavy atom. The summed E-state index contributed by atoms with van der Waals surface area (Å²) in [5.41, 5.74) is 3.46. The molecule has 90 valence electrons. The highest BCUT2D eigenvalue weighted by atomic mass is 35.5. The van der Waals surface area contributed by atoms with Crippen LogP contribution < -0.4 is 5.32 Å². The standard InChI is InChI=1S/C14H22ClN/c1-10(8-15)9-16-14-5-11-2-12(6-14)4-13(3-11)7-14/h8,11-13,16H,2-7,9H2,1H3. The zero-order valence-electron chi connectivity index (χ0n) is 10.1. The second kappa shape index (κ2) is 4.03. The summed E-state index contributed by atoms with van der Waals surface area (Å²) < 4.78 is 0. The first-order chi connectivity index (χ1) is 7.69. The highest BCUT2D eigenvalue weighted by Crippen LogP contribution is 2.55. The smallest absolute Gasteiger partial charge is 0.0192 e. The highest BCUT2D eigenvalue weighted by molar-refractivity contribution is 6.25. The summed E-state index contributed by atoms with van der Waals surface area (Å²) in [5, 5.41) is 3.83. The maximum Gasteiger partial charge on any atom is 0.0192 e. The molecule has 4 aliphatic carbocycles. The lowest BCUT2D eigenvalue weighted by molar-refractivity contribution is -0.0182. The summed E-state index contributed by atoms with van der Waals surface area (Å²) in [7, 11) is 0. The van der Waals surface area contributed by atoms with Crippen molar-refractivity contribution in [1.82, 2.24) is 5.32 Å². The van der Waals surface area contributed by atoms with Gasteiger partial charge in [0.2, 0.25) is 0 Å². The Labute approximate surface area is 104 Å². The van der Waals surface area contributed by atoms with E-state index in [-0.39, 0.29) is 0 Å². The SMILES string of the molecule is CC(=CCl)CNC12CC3CC(CC(C3)C1)C2. The van der Waals surface area contributed by atoms with Gasteiger partial charge in [0.05, 0.1) is 0 Å². The molecule has 0 spiro atoms. The number of nitrogens with one attached hydrogen (secondary N) is 1. The van der Waals surface area contributed by atoms with Gasteiger partial charge in [0.1, 0.15) is 0 Å². The molecule has 0 aromatic carbocycles. The molecule has 0 saturated heterocycles. The predicted molar refractivity (Wildman–Crippen MR) is 68.5 cm³/mol. The largest absolute Gasteiger partial charge is 0.307 e. The van der Waals surface area contributed by atoms with Gasteiger partial charge >= 0.3 is 0 Å². The molecule has 4 rings (SSSR count). The monoisotopic (exact) mass is 239 g/mol. The fourth-order valence-corrected chi connectivity index (χ4v) is 4.77. The maximum atomic E-state index is 5.74. The lowest BCUT2D eigenvalue weighted by Crippen LogP contribution is -2.58. The average Bonchev–Trinajstić information content (AvgIpc) is 2.24. The summed E-state index contributed by atoms with van der Waals surface area (Å²) in [6.45, 7) is 3.09. The third-order valence-corrected chi connectivity index (χ3v) is 5.34. The maximum absolute atomic E-state index is 5.74. The Morgan fingerprint density at radius 3 is 2.12 bits per heavy atom. The first kappa shape index (κ1) is 11.1. The van der Waals surface area contributed by atoms with Crippen molar-refractivity contribution in [2.75, 3.05) is 6.54 Å². The minimum atomic E-state index is 0.482. The third kappa shape index (κ3) is 1.93. The molecule has 16 heavy (non-hydrogen) atoms. The summed E-state index contributed by atoms with van der Waals surface area (Å²) >= 11 is 5.74. The molecule has 4 fully saturated rings. The second-order valence-electron chi connectivity index (χ2n) is 6.51. The van der Waals surface area contributed by atoms with Crippen molar-refractivity contribution in [3.8, 4) is 0 Å². The van der Waals surface area contributed by atoms with Gasteiger partial charge in [-0.15, -0.1) is 0 Å². The van der Waals surface area contributed by atoms with Crippen LogP contribution in [0.1, 0.15) is 45.4 Å². The zero-order chi connectivity index (χ0) is 11.2. The molecule has 1 N–H and O–H groups in total. The van der Waals surface area contributed by atoms with Gasteiger partial charge < -0.3 is 5.32 Å². The number of hydrogen-bond acceptors (Lipinski definition) is 1. The van der Waals surface area contributed by atoms with E-state index in [4.69, 9.17) is 11.6 Å². The van der Waals surface area contributed by atoms with Gasteiger partial charge in [-0.3, -0.25) is 0 Å². The van der Waals surface area contributed by atoms with E-state index in [0.29, 0.717) is 5.54 Å². The Balaban J connectivity index is 1.69. The van der Waals surface area contributed by atoms with Gasteiger partial charge in [-0.05, 0) is 68.8 Å². The molecule has 4 bridgehead atoms. The van der Waals surface area contributed by atoms with E-state index in [2.05, 4.69) is 12.2 Å². The minimum absolute atomic E-state index is 0.482. The molecule has 2 heteroatoms. The van der Waals surface area contributed by atoms with E-state index >= 15 is 0 Å². The minimum Gasteiger partial charge on any atom is -0.307 e. The Kier molecular flexibility index (Phi) is 2.79. The molecule has 4 saturated carbocycles. The fraction of sp³-hybridized carbons (Fsp3) is 0.857. The van der Waals surface area contributed by atoms with Crippen LogP contribution in [0.5, 0.6) is 0 Å². The van der Waals surface area contributed by atoms with Gasteiger partial charge in [0.25, 0.3) is 0 Å². The lowest BCUT2D eigenvalue weighted by atomic mass is 9.53. The summed E-state index contributed by atoms with van der Waals surface area (Å²) in [4.78, 5) is 0. The van der Waals surface area contributed by atoms with Crippen LogP contribution in [-0.4, -0.2) is 12.1 Å². The number of hydrogen-bond donors (Lipinski definition) is 1. The molecule has 0 unspecified atom stereocenters. The molecule has 0 aliphatic heterocycles. The van der Waals surface area contributed by atoms with E-state index in [9.17, 15) is 0 Å². The van der Waals surface area contributed by atoms with Gasteiger partial charge in [0, 0.05) is 17.6 Å². The molecular formula is C14H22ClN. The van der Waals surface area contributed by atoms with Crippen molar-refractivity contribution >= 4 is 11.6 Å². The molecule has 0 heterocycles. The summed E-state index contributed by atoms with van der Waals surface area (Å²) in [6.07, 6.45) is 8.83. The van der Waals surface area contributed by atoms with E-state index in [1.165, 1.54) is 44.1 Å². The normalized spacial score (nSPS) is 46.4. The molecule has 0 aromatic rings. The average molecular weight is 240 g/mol. The van der Waals surface area contributed by atoms with E-state index in [1.807, 2.05) is 0 Å². The van der Waals surface area contributed by atoms with E-state index in [1.54, 1.807) is 5.54 Å². The Bertz CT molecular complexity index is 273. The van der Waals surface area contributed by atoms with Crippen LogP contribution in [0.15, 0.2) is 11.1 Å². The van der Waals surface area contributed by atoms with Crippen molar-refractivity contribution in [2.45, 2.75) is 51.0 Å². The van der Waals surface area contributed by atoms with Crippen molar-refractivity contribution in [3.05, 3.63) is 11.1 Å². The number of rotatable bonds is 3.